The van der Waals surface area contributed by atoms with Crippen LogP contribution in [0.5, 0.6) is 0 Å². The molecular weight excluding hydrogens is 685 g/mol. The molecule has 0 heteroatoms. The number of hydrogen-bond acceptors (Lipinski definition) is 0. The molecule has 286 valence electrons. The maximum atomic E-state index is 2.59. The molecule has 0 nitrogen and oxygen atoms in total. The van der Waals surface area contributed by atoms with Gasteiger partial charge in [0.15, 0.2) is 0 Å². The molecule has 1 aliphatic carbocycles. The van der Waals surface area contributed by atoms with Crippen molar-refractivity contribution in [3.05, 3.63) is 177 Å². The zero-order chi connectivity index (χ0) is 39.3. The highest BCUT2D eigenvalue weighted by atomic mass is 14.5. The van der Waals surface area contributed by atoms with Crippen molar-refractivity contribution < 1.29 is 0 Å². The Kier molecular flexibility index (Phi) is 10.0. The summed E-state index contributed by atoms with van der Waals surface area (Å²) in [6.45, 7) is 13.8. The summed E-state index contributed by atoms with van der Waals surface area (Å²) in [5.74, 6) is 0. The summed E-state index contributed by atoms with van der Waals surface area (Å²) in [5, 5.41) is 8.10. The average molecular weight is 743 g/mol. The lowest BCUT2D eigenvalue weighted by molar-refractivity contribution is 0.663. The van der Waals surface area contributed by atoms with Crippen molar-refractivity contribution in [3.8, 4) is 22.3 Å². The minimum atomic E-state index is -0.456. The molecule has 0 atom stereocenters. The van der Waals surface area contributed by atoms with Crippen LogP contribution in [0.1, 0.15) is 121 Å². The summed E-state index contributed by atoms with van der Waals surface area (Å²) >= 11 is 0. The van der Waals surface area contributed by atoms with E-state index in [1.54, 1.807) is 0 Å². The van der Waals surface area contributed by atoms with Gasteiger partial charge in [-0.2, -0.15) is 0 Å². The quantitative estimate of drug-likeness (QED) is 0.0815. The monoisotopic (exact) mass is 742 g/mol. The van der Waals surface area contributed by atoms with Crippen molar-refractivity contribution in [3.63, 3.8) is 0 Å². The average Bonchev–Trinajstić information content (AvgIpc) is 3.50. The normalized spacial score (nSPS) is 13.2. The molecule has 0 fully saturated rings. The van der Waals surface area contributed by atoms with Crippen LogP contribution in [0.15, 0.2) is 121 Å². The second kappa shape index (κ2) is 15.3. The molecule has 0 spiro atoms. The fourth-order valence-corrected chi connectivity index (χ4v) is 10.6. The van der Waals surface area contributed by atoms with Gasteiger partial charge in [0, 0.05) is 0 Å². The fraction of sp³-hybridized carbons (Fsp3) is 0.298. The molecule has 0 aliphatic heterocycles. The summed E-state index contributed by atoms with van der Waals surface area (Å²) < 4.78 is 0. The molecule has 8 aromatic rings. The van der Waals surface area contributed by atoms with E-state index in [4.69, 9.17) is 0 Å². The van der Waals surface area contributed by atoms with Gasteiger partial charge < -0.3 is 0 Å². The van der Waals surface area contributed by atoms with E-state index in [1.165, 1.54) is 162 Å². The van der Waals surface area contributed by atoms with Gasteiger partial charge >= 0.3 is 0 Å². The van der Waals surface area contributed by atoms with E-state index in [0.717, 1.165) is 12.8 Å². The Morgan fingerprint density at radius 3 is 1.56 bits per heavy atom. The van der Waals surface area contributed by atoms with Gasteiger partial charge in [0.05, 0.1) is 5.41 Å². The summed E-state index contributed by atoms with van der Waals surface area (Å²) in [6, 6.07) is 48.5. The largest absolute Gasteiger partial charge is 0.0714 e. The summed E-state index contributed by atoms with van der Waals surface area (Å²) in [6.07, 6.45) is 12.4. The number of aryl methyl sites for hydroxylation is 6. The Morgan fingerprint density at radius 1 is 0.404 bits per heavy atom. The first-order chi connectivity index (χ1) is 27.8. The maximum absolute atomic E-state index is 2.59. The minimum Gasteiger partial charge on any atom is -0.0654 e. The molecule has 57 heavy (non-hydrogen) atoms. The highest BCUT2D eigenvalue weighted by Crippen LogP contribution is 2.58. The summed E-state index contributed by atoms with van der Waals surface area (Å²) in [5.41, 5.74) is 18.8. The molecule has 0 N–H and O–H groups in total. The van der Waals surface area contributed by atoms with Crippen LogP contribution in [0.25, 0.3) is 54.6 Å². The first-order valence-electron chi connectivity index (χ1n) is 22.0. The van der Waals surface area contributed by atoms with Crippen molar-refractivity contribution in [1.29, 1.82) is 0 Å². The Bertz CT molecular complexity index is 2690. The molecule has 0 unspecified atom stereocenters. The SMILES string of the molecule is CCCCCCc1cc(C)cc(C2(c3cc(C)cc(CCCCCC)c3)c3cc(C)ccc3-c3ccc(-c4ccc5ccc6c(C)ccc7ccc4c5c76)cc32)c1. The number of unbranched alkanes of at least 4 members (excludes halogenated alkanes) is 6. The first kappa shape index (κ1) is 37.4. The van der Waals surface area contributed by atoms with E-state index in [2.05, 4.69) is 163 Å². The number of hydrogen-bond donors (Lipinski definition) is 0. The predicted octanol–water partition coefficient (Wildman–Crippen LogP) is 16.1. The van der Waals surface area contributed by atoms with E-state index in [0.29, 0.717) is 0 Å². The van der Waals surface area contributed by atoms with Gasteiger partial charge in [0.1, 0.15) is 0 Å². The van der Waals surface area contributed by atoms with E-state index in [1.807, 2.05) is 0 Å². The zero-order valence-corrected chi connectivity index (χ0v) is 35.1. The third-order valence-electron chi connectivity index (χ3n) is 13.3. The Hall–Kier alpha value is -5.20. The van der Waals surface area contributed by atoms with E-state index < -0.39 is 5.41 Å². The lowest BCUT2D eigenvalue weighted by Gasteiger charge is -2.35. The van der Waals surface area contributed by atoms with Gasteiger partial charge in [-0.15, -0.1) is 0 Å². The molecule has 0 heterocycles. The third kappa shape index (κ3) is 6.46. The molecule has 1 aliphatic rings. The second-order valence-corrected chi connectivity index (χ2v) is 17.5. The number of rotatable bonds is 13. The standard InChI is InChI=1S/C57H58/c1-7-9-11-13-15-41-29-38(4)31-46(34-41)57(47-32-39(5)30-42(35-47)16-14-12-10-8-2)53-33-37(3)17-24-50(53)51-27-23-45(36-54(51)57)49-26-21-44-20-25-48-40(6)18-19-43-22-28-52(49)56(44)55(43)48/h17-36H,7-16H2,1-6H3. The highest BCUT2D eigenvalue weighted by molar-refractivity contribution is 6.26. The predicted molar refractivity (Wildman–Crippen MR) is 248 cm³/mol. The summed E-state index contributed by atoms with van der Waals surface area (Å²) in [4.78, 5) is 0. The summed E-state index contributed by atoms with van der Waals surface area (Å²) in [7, 11) is 0. The Balaban J connectivity index is 1.32. The van der Waals surface area contributed by atoms with Crippen LogP contribution in [0.4, 0.5) is 0 Å². The Morgan fingerprint density at radius 2 is 0.930 bits per heavy atom. The molecule has 0 radical (unpaired) electrons. The van der Waals surface area contributed by atoms with Crippen molar-refractivity contribution in [1.82, 2.24) is 0 Å². The van der Waals surface area contributed by atoms with Gasteiger partial charge in [-0.1, -0.05) is 184 Å². The fourth-order valence-electron chi connectivity index (χ4n) is 10.6. The van der Waals surface area contributed by atoms with Crippen LogP contribution >= 0.6 is 0 Å². The lowest BCUT2D eigenvalue weighted by atomic mass is 9.66. The number of benzene rings is 8. The maximum Gasteiger partial charge on any atom is 0.0714 e. The van der Waals surface area contributed by atoms with Crippen molar-refractivity contribution in [2.45, 2.75) is 111 Å². The molecule has 8 aromatic carbocycles. The molecular formula is C57H58. The van der Waals surface area contributed by atoms with Gasteiger partial charge in [-0.25, -0.2) is 0 Å². The topological polar surface area (TPSA) is 0 Å². The second-order valence-electron chi connectivity index (χ2n) is 17.5. The van der Waals surface area contributed by atoms with Crippen molar-refractivity contribution in [2.24, 2.45) is 0 Å². The Labute approximate surface area is 341 Å². The van der Waals surface area contributed by atoms with Crippen LogP contribution < -0.4 is 0 Å². The first-order valence-corrected chi connectivity index (χ1v) is 22.0. The van der Waals surface area contributed by atoms with Crippen LogP contribution in [0.3, 0.4) is 0 Å². The van der Waals surface area contributed by atoms with Crippen LogP contribution in [0.2, 0.25) is 0 Å². The van der Waals surface area contributed by atoms with Crippen molar-refractivity contribution in [2.75, 3.05) is 0 Å². The van der Waals surface area contributed by atoms with Gasteiger partial charge in [-0.3, -0.25) is 0 Å². The van der Waals surface area contributed by atoms with Crippen LogP contribution in [-0.4, -0.2) is 0 Å². The van der Waals surface area contributed by atoms with Gasteiger partial charge in [0.25, 0.3) is 0 Å². The molecule has 9 rings (SSSR count). The molecule has 0 bridgehead atoms. The van der Waals surface area contributed by atoms with E-state index in [-0.39, 0.29) is 0 Å². The van der Waals surface area contributed by atoms with E-state index >= 15 is 0 Å². The van der Waals surface area contributed by atoms with E-state index in [9.17, 15) is 0 Å². The molecule has 0 saturated heterocycles. The van der Waals surface area contributed by atoms with Crippen LogP contribution in [0, 0.1) is 27.7 Å². The zero-order valence-electron chi connectivity index (χ0n) is 35.1. The van der Waals surface area contributed by atoms with Crippen LogP contribution in [-0.2, 0) is 18.3 Å². The van der Waals surface area contributed by atoms with Gasteiger partial charge in [-0.05, 0) is 153 Å². The molecule has 0 amide bonds. The third-order valence-corrected chi connectivity index (χ3v) is 13.3. The van der Waals surface area contributed by atoms with Gasteiger partial charge in [0.2, 0.25) is 0 Å². The minimum absolute atomic E-state index is 0.456. The number of fused-ring (bicyclic) bond motifs is 3. The molecule has 0 saturated carbocycles. The molecule has 0 aromatic heterocycles. The van der Waals surface area contributed by atoms with Crippen molar-refractivity contribution >= 4 is 32.3 Å². The smallest absolute Gasteiger partial charge is 0.0654 e. The lowest BCUT2D eigenvalue weighted by Crippen LogP contribution is -2.29. The highest BCUT2D eigenvalue weighted by Gasteiger charge is 2.47.